The highest BCUT2D eigenvalue weighted by atomic mass is 32.2. The first-order chi connectivity index (χ1) is 13.5. The molecule has 1 aliphatic carbocycles. The molecule has 2 fully saturated rings. The Morgan fingerprint density at radius 3 is 2.71 bits per heavy atom. The Hall–Kier alpha value is -2.19. The van der Waals surface area contributed by atoms with Crippen LogP contribution in [0.15, 0.2) is 28.0 Å². The molecule has 0 radical (unpaired) electrons. The topological polar surface area (TPSA) is 66.7 Å². The van der Waals surface area contributed by atoms with Crippen molar-refractivity contribution in [3.8, 4) is 0 Å². The van der Waals surface area contributed by atoms with Crippen LogP contribution in [0.4, 0.5) is 5.82 Å². The molecule has 8 heteroatoms. The fourth-order valence-corrected chi connectivity index (χ4v) is 4.83. The number of thiocarbonyl (C=S) groups is 1. The Balaban J connectivity index is 1.86. The summed E-state index contributed by atoms with van der Waals surface area (Å²) in [7, 11) is 1.65. The first kappa shape index (κ1) is 19.1. The number of nitrogens with zero attached hydrogens (tertiary/aromatic N) is 3. The summed E-state index contributed by atoms with van der Waals surface area (Å²) in [5.41, 5.74) is 1.78. The predicted molar refractivity (Wildman–Crippen MR) is 118 cm³/mol. The fourth-order valence-electron chi connectivity index (χ4n) is 3.67. The normalized spacial score (nSPS) is 19.8. The van der Waals surface area contributed by atoms with Crippen molar-refractivity contribution in [2.24, 2.45) is 0 Å². The number of thioether (sulfide) groups is 1. The number of amides is 1. The van der Waals surface area contributed by atoms with Gasteiger partial charge in [-0.25, -0.2) is 4.98 Å². The van der Waals surface area contributed by atoms with Crippen LogP contribution >= 0.6 is 24.0 Å². The maximum absolute atomic E-state index is 13.3. The van der Waals surface area contributed by atoms with E-state index < -0.39 is 0 Å². The van der Waals surface area contributed by atoms with Crippen LogP contribution in [0, 0.1) is 6.92 Å². The number of anilines is 1. The monoisotopic (exact) mass is 414 g/mol. The molecule has 1 amide bonds. The standard InChI is InChI=1S/C20H22N4O2S2/c1-12-7-6-10-24-17(12)22-16(21-13-8-4-3-5-9-13)14(18(24)25)11-15-19(26)23(2)20(27)28-15/h6-7,10-11,13,21H,3-5,8-9H2,1-2H3. The minimum absolute atomic E-state index is 0.187. The summed E-state index contributed by atoms with van der Waals surface area (Å²) in [6.45, 7) is 1.94. The maximum Gasteiger partial charge on any atom is 0.267 e. The smallest absolute Gasteiger partial charge is 0.267 e. The van der Waals surface area contributed by atoms with Gasteiger partial charge in [-0.15, -0.1) is 0 Å². The van der Waals surface area contributed by atoms with Crippen molar-refractivity contribution < 1.29 is 4.79 Å². The highest BCUT2D eigenvalue weighted by molar-refractivity contribution is 8.26. The quantitative estimate of drug-likeness (QED) is 0.612. The lowest BCUT2D eigenvalue weighted by Gasteiger charge is -2.24. The van der Waals surface area contributed by atoms with E-state index in [2.05, 4.69) is 5.32 Å². The second-order valence-electron chi connectivity index (χ2n) is 7.28. The van der Waals surface area contributed by atoms with Crippen LogP contribution in [0.3, 0.4) is 0 Å². The molecule has 4 rings (SSSR count). The van der Waals surface area contributed by atoms with Crippen molar-refractivity contribution in [3.05, 3.63) is 44.7 Å². The highest BCUT2D eigenvalue weighted by Crippen LogP contribution is 2.32. The van der Waals surface area contributed by atoms with Crippen molar-refractivity contribution in [3.63, 3.8) is 0 Å². The highest BCUT2D eigenvalue weighted by Gasteiger charge is 2.30. The average Bonchev–Trinajstić information content (AvgIpc) is 2.93. The molecule has 146 valence electrons. The summed E-state index contributed by atoms with van der Waals surface area (Å²) in [4.78, 5) is 32.4. The van der Waals surface area contributed by atoms with Crippen LogP contribution in [-0.2, 0) is 4.79 Å². The number of aromatic nitrogens is 2. The molecular formula is C20H22N4O2S2. The van der Waals surface area contributed by atoms with E-state index in [9.17, 15) is 9.59 Å². The van der Waals surface area contributed by atoms with Gasteiger partial charge in [-0.05, 0) is 37.5 Å². The Morgan fingerprint density at radius 1 is 1.29 bits per heavy atom. The molecule has 0 aromatic carbocycles. The molecule has 28 heavy (non-hydrogen) atoms. The van der Waals surface area contributed by atoms with Gasteiger partial charge in [-0.2, -0.15) is 0 Å². The van der Waals surface area contributed by atoms with Gasteiger partial charge in [0.1, 0.15) is 15.8 Å². The summed E-state index contributed by atoms with van der Waals surface area (Å²) in [6.07, 6.45) is 9.07. The number of nitrogens with one attached hydrogen (secondary N) is 1. The van der Waals surface area contributed by atoms with Gasteiger partial charge in [0, 0.05) is 19.3 Å². The first-order valence-electron chi connectivity index (χ1n) is 9.46. The van der Waals surface area contributed by atoms with Crippen LogP contribution in [-0.4, -0.2) is 37.6 Å². The molecule has 0 bridgehead atoms. The molecule has 1 N–H and O–H groups in total. The average molecular weight is 415 g/mol. The number of fused-ring (bicyclic) bond motifs is 1. The van der Waals surface area contributed by atoms with Crippen LogP contribution in [0.5, 0.6) is 0 Å². The number of carbonyl (C=O) groups is 1. The zero-order chi connectivity index (χ0) is 19.8. The van der Waals surface area contributed by atoms with Gasteiger partial charge in [0.25, 0.3) is 11.5 Å². The van der Waals surface area contributed by atoms with E-state index >= 15 is 0 Å². The van der Waals surface area contributed by atoms with Crippen molar-refractivity contribution in [1.29, 1.82) is 0 Å². The van der Waals surface area contributed by atoms with Crippen LogP contribution in [0.25, 0.3) is 11.7 Å². The molecular weight excluding hydrogens is 392 g/mol. The predicted octanol–water partition coefficient (Wildman–Crippen LogP) is 3.58. The molecule has 2 aromatic heterocycles. The largest absolute Gasteiger partial charge is 0.367 e. The minimum atomic E-state index is -0.188. The lowest BCUT2D eigenvalue weighted by Crippen LogP contribution is -2.27. The number of likely N-dealkylation sites (N-methyl/N-ethyl adjacent to an activating group) is 1. The Morgan fingerprint density at radius 2 is 2.04 bits per heavy atom. The molecule has 2 aromatic rings. The number of hydrogen-bond donors (Lipinski definition) is 1. The van der Waals surface area contributed by atoms with Crippen molar-refractivity contribution in [2.75, 3.05) is 12.4 Å². The van der Waals surface area contributed by atoms with Gasteiger partial charge in [-0.1, -0.05) is 49.3 Å². The number of rotatable bonds is 3. The zero-order valence-corrected chi connectivity index (χ0v) is 17.5. The Labute approximate surface area is 173 Å². The third-order valence-corrected chi connectivity index (χ3v) is 6.78. The van der Waals surface area contributed by atoms with Crippen molar-refractivity contribution >= 4 is 51.7 Å². The van der Waals surface area contributed by atoms with Gasteiger partial charge in [0.15, 0.2) is 0 Å². The summed E-state index contributed by atoms with van der Waals surface area (Å²) >= 11 is 6.43. The van der Waals surface area contributed by atoms with Crippen LogP contribution < -0.4 is 10.9 Å². The molecule has 0 spiro atoms. The van der Waals surface area contributed by atoms with E-state index in [1.807, 2.05) is 19.1 Å². The fraction of sp³-hybridized carbons (Fsp3) is 0.400. The minimum Gasteiger partial charge on any atom is -0.367 e. The number of aryl methyl sites for hydroxylation is 1. The van der Waals surface area contributed by atoms with E-state index in [1.54, 1.807) is 23.7 Å². The van der Waals surface area contributed by atoms with E-state index in [0.717, 1.165) is 18.4 Å². The van der Waals surface area contributed by atoms with Gasteiger partial charge in [0.05, 0.1) is 10.5 Å². The summed E-state index contributed by atoms with van der Waals surface area (Å²) in [5, 5.41) is 3.48. The van der Waals surface area contributed by atoms with Gasteiger partial charge >= 0.3 is 0 Å². The lowest BCUT2D eigenvalue weighted by molar-refractivity contribution is -0.121. The summed E-state index contributed by atoms with van der Waals surface area (Å²) in [6, 6.07) is 4.06. The third-order valence-electron chi connectivity index (χ3n) is 5.29. The summed E-state index contributed by atoms with van der Waals surface area (Å²) in [5.74, 6) is 0.361. The van der Waals surface area contributed by atoms with E-state index in [1.165, 1.54) is 35.9 Å². The van der Waals surface area contributed by atoms with Crippen LogP contribution in [0.2, 0.25) is 0 Å². The van der Waals surface area contributed by atoms with Gasteiger partial charge in [0.2, 0.25) is 0 Å². The molecule has 1 saturated carbocycles. The number of pyridine rings is 1. The molecule has 2 aliphatic rings. The lowest BCUT2D eigenvalue weighted by atomic mass is 9.95. The van der Waals surface area contributed by atoms with E-state index in [0.29, 0.717) is 32.3 Å². The number of hydrogen-bond acceptors (Lipinski definition) is 6. The maximum atomic E-state index is 13.3. The first-order valence-corrected chi connectivity index (χ1v) is 10.7. The van der Waals surface area contributed by atoms with Gasteiger partial charge < -0.3 is 5.32 Å². The molecule has 0 atom stereocenters. The zero-order valence-electron chi connectivity index (χ0n) is 15.9. The van der Waals surface area contributed by atoms with Gasteiger partial charge in [-0.3, -0.25) is 18.9 Å². The summed E-state index contributed by atoms with van der Waals surface area (Å²) < 4.78 is 2.03. The van der Waals surface area contributed by atoms with E-state index in [4.69, 9.17) is 17.2 Å². The number of carbonyl (C=O) groups excluding carboxylic acids is 1. The molecule has 1 saturated heterocycles. The molecule has 1 aliphatic heterocycles. The van der Waals surface area contributed by atoms with Crippen molar-refractivity contribution in [2.45, 2.75) is 45.1 Å². The Bertz CT molecular complexity index is 1050. The molecule has 3 heterocycles. The van der Waals surface area contributed by atoms with E-state index in [-0.39, 0.29) is 11.5 Å². The van der Waals surface area contributed by atoms with Crippen LogP contribution in [0.1, 0.15) is 43.2 Å². The second kappa shape index (κ2) is 7.67. The Kier molecular flexibility index (Phi) is 5.25. The molecule has 0 unspecified atom stereocenters. The third kappa shape index (κ3) is 3.46. The van der Waals surface area contributed by atoms with Crippen molar-refractivity contribution in [1.82, 2.24) is 14.3 Å². The SMILES string of the molecule is Cc1cccn2c(=O)c(C=C3SC(=S)N(C)C3=O)c(NC3CCCCC3)nc12. The molecule has 6 nitrogen and oxygen atoms in total. The second-order valence-corrected chi connectivity index (χ2v) is 8.96.